The van der Waals surface area contributed by atoms with E-state index in [2.05, 4.69) is 15.5 Å². The molecule has 0 saturated carbocycles. The monoisotopic (exact) mass is 369 g/mol. The molecule has 2 amide bonds. The Morgan fingerprint density at radius 2 is 2.00 bits per heavy atom. The van der Waals surface area contributed by atoms with Crippen molar-refractivity contribution in [2.75, 3.05) is 18.4 Å². The van der Waals surface area contributed by atoms with Gasteiger partial charge < -0.3 is 14.6 Å². The van der Waals surface area contributed by atoms with Gasteiger partial charge in [0.2, 0.25) is 5.91 Å². The molecule has 1 aromatic carbocycles. The van der Waals surface area contributed by atoms with E-state index in [0.29, 0.717) is 22.5 Å². The summed E-state index contributed by atoms with van der Waals surface area (Å²) in [6.07, 6.45) is 4.57. The van der Waals surface area contributed by atoms with Crippen molar-refractivity contribution in [1.82, 2.24) is 19.7 Å². The molecule has 4 rings (SSSR count). The number of rotatable bonds is 4. The van der Waals surface area contributed by atoms with E-state index < -0.39 is 5.76 Å². The lowest BCUT2D eigenvalue weighted by atomic mass is 10.1. The number of carbonyl (C=O) groups excluding carboxylic acids is 2. The van der Waals surface area contributed by atoms with Crippen molar-refractivity contribution in [1.29, 1.82) is 0 Å². The summed E-state index contributed by atoms with van der Waals surface area (Å²) >= 11 is 0. The normalized spacial score (nSPS) is 14.4. The first-order chi connectivity index (χ1) is 13.1. The summed E-state index contributed by atoms with van der Waals surface area (Å²) in [5.74, 6) is -1.05. The van der Waals surface area contributed by atoms with Crippen LogP contribution in [-0.2, 0) is 11.3 Å². The first-order valence-corrected chi connectivity index (χ1v) is 8.84. The fraction of sp³-hybridized carbons (Fsp3) is 0.333. The van der Waals surface area contributed by atoms with Gasteiger partial charge in [-0.15, -0.1) is 0 Å². The van der Waals surface area contributed by atoms with Crippen LogP contribution in [0, 0.1) is 0 Å². The predicted molar refractivity (Wildman–Crippen MR) is 97.4 cm³/mol. The molecule has 140 valence electrons. The highest BCUT2D eigenvalue weighted by Gasteiger charge is 2.20. The van der Waals surface area contributed by atoms with E-state index in [4.69, 9.17) is 4.42 Å². The second-order valence-corrected chi connectivity index (χ2v) is 6.50. The van der Waals surface area contributed by atoms with Gasteiger partial charge in [0, 0.05) is 25.0 Å². The fourth-order valence-electron chi connectivity index (χ4n) is 3.25. The number of benzene rings is 1. The molecular formula is C18H19N5O4. The number of fused-ring (bicyclic) bond motifs is 1. The van der Waals surface area contributed by atoms with Crippen LogP contribution in [0.2, 0.25) is 0 Å². The molecule has 1 aliphatic rings. The fourth-order valence-corrected chi connectivity index (χ4v) is 3.25. The Kier molecular flexibility index (Phi) is 4.49. The third-order valence-corrected chi connectivity index (χ3v) is 4.67. The highest BCUT2D eigenvalue weighted by molar-refractivity contribution is 6.03. The lowest BCUT2D eigenvalue weighted by Gasteiger charge is -2.26. The number of carbonyl (C=O) groups is 2. The quantitative estimate of drug-likeness (QED) is 0.725. The van der Waals surface area contributed by atoms with Gasteiger partial charge in [0.15, 0.2) is 5.58 Å². The predicted octanol–water partition coefficient (Wildman–Crippen LogP) is 1.58. The molecule has 9 nitrogen and oxygen atoms in total. The van der Waals surface area contributed by atoms with Crippen LogP contribution >= 0.6 is 0 Å². The van der Waals surface area contributed by atoms with E-state index in [1.54, 1.807) is 29.2 Å². The van der Waals surface area contributed by atoms with Crippen LogP contribution in [-0.4, -0.2) is 44.6 Å². The lowest BCUT2D eigenvalue weighted by Crippen LogP contribution is -2.39. The van der Waals surface area contributed by atoms with Crippen molar-refractivity contribution in [3.63, 3.8) is 0 Å². The number of likely N-dealkylation sites (tertiary alicyclic amines) is 1. The minimum absolute atomic E-state index is 0.0796. The number of amides is 2. The van der Waals surface area contributed by atoms with E-state index in [1.165, 1.54) is 10.8 Å². The molecular weight excluding hydrogens is 350 g/mol. The third kappa shape index (κ3) is 3.48. The van der Waals surface area contributed by atoms with Crippen molar-refractivity contribution in [2.24, 2.45) is 0 Å². The van der Waals surface area contributed by atoms with Gasteiger partial charge in [-0.1, -0.05) is 0 Å². The number of oxazole rings is 1. The number of hydrogen-bond donors (Lipinski definition) is 2. The van der Waals surface area contributed by atoms with E-state index in [0.717, 1.165) is 32.4 Å². The first-order valence-electron chi connectivity index (χ1n) is 8.84. The third-order valence-electron chi connectivity index (χ3n) is 4.67. The molecule has 0 radical (unpaired) electrons. The van der Waals surface area contributed by atoms with E-state index in [1.807, 2.05) is 0 Å². The van der Waals surface area contributed by atoms with Gasteiger partial charge in [0.25, 0.3) is 5.91 Å². The van der Waals surface area contributed by atoms with Crippen LogP contribution in [0.5, 0.6) is 0 Å². The zero-order valence-corrected chi connectivity index (χ0v) is 14.6. The average Bonchev–Trinajstić information content (AvgIpc) is 3.32. The summed E-state index contributed by atoms with van der Waals surface area (Å²) in [5, 5.41) is 9.05. The van der Waals surface area contributed by atoms with Gasteiger partial charge in [-0.3, -0.25) is 19.3 Å². The molecule has 9 heteroatoms. The van der Waals surface area contributed by atoms with Gasteiger partial charge in [0.1, 0.15) is 12.2 Å². The van der Waals surface area contributed by atoms with Crippen molar-refractivity contribution in [3.8, 4) is 0 Å². The molecule has 1 aliphatic heterocycles. The molecule has 0 spiro atoms. The van der Waals surface area contributed by atoms with Crippen LogP contribution in [0.3, 0.4) is 0 Å². The smallest absolute Gasteiger partial charge is 0.408 e. The van der Waals surface area contributed by atoms with E-state index in [-0.39, 0.29) is 18.4 Å². The zero-order valence-electron chi connectivity index (χ0n) is 14.6. The minimum Gasteiger partial charge on any atom is -0.408 e. The van der Waals surface area contributed by atoms with Crippen LogP contribution in [0.15, 0.2) is 39.7 Å². The van der Waals surface area contributed by atoms with Gasteiger partial charge in [0.05, 0.1) is 5.52 Å². The van der Waals surface area contributed by atoms with E-state index >= 15 is 0 Å². The van der Waals surface area contributed by atoms with Crippen molar-refractivity contribution < 1.29 is 14.0 Å². The molecule has 2 N–H and O–H groups in total. The second-order valence-electron chi connectivity index (χ2n) is 6.50. The average molecular weight is 369 g/mol. The maximum Gasteiger partial charge on any atom is 0.420 e. The Balaban J connectivity index is 1.59. The van der Waals surface area contributed by atoms with Crippen LogP contribution in [0.1, 0.15) is 29.8 Å². The van der Waals surface area contributed by atoms with Gasteiger partial charge in [-0.2, -0.15) is 5.10 Å². The van der Waals surface area contributed by atoms with Crippen LogP contribution in [0.4, 0.5) is 5.69 Å². The molecule has 0 atom stereocenters. The number of piperidine rings is 1. The second kappa shape index (κ2) is 7.10. The summed E-state index contributed by atoms with van der Waals surface area (Å²) in [5.41, 5.74) is 1.64. The molecule has 0 unspecified atom stereocenters. The highest BCUT2D eigenvalue weighted by atomic mass is 16.4. The zero-order chi connectivity index (χ0) is 18.8. The molecule has 3 heterocycles. The summed E-state index contributed by atoms with van der Waals surface area (Å²) in [7, 11) is 0. The number of hydrogen-bond acceptors (Lipinski definition) is 5. The topological polar surface area (TPSA) is 113 Å². The minimum atomic E-state index is -0.590. The standard InChI is InChI=1S/C18H19N5O4/c24-16(22-8-2-1-3-9-22)11-23-14-10-12(4-5-15(14)27-18(23)26)20-17(25)13-6-7-19-21-13/h4-7,10H,1-3,8-9,11H2,(H,19,21)(H,20,25). The number of anilines is 1. The Bertz CT molecular complexity index is 1030. The summed E-state index contributed by atoms with van der Waals surface area (Å²) in [6.45, 7) is 1.35. The Labute approximate surface area is 153 Å². The molecule has 27 heavy (non-hydrogen) atoms. The van der Waals surface area contributed by atoms with Crippen molar-refractivity contribution in [2.45, 2.75) is 25.8 Å². The number of H-pyrrole nitrogens is 1. The number of aromatic amines is 1. The van der Waals surface area contributed by atoms with Gasteiger partial charge in [-0.05, 0) is 43.5 Å². The Hall–Kier alpha value is -3.36. The summed E-state index contributed by atoms with van der Waals surface area (Å²) in [6, 6.07) is 6.41. The molecule has 2 aromatic heterocycles. The molecule has 1 saturated heterocycles. The number of aromatic nitrogens is 3. The maximum absolute atomic E-state index is 12.5. The Morgan fingerprint density at radius 1 is 1.19 bits per heavy atom. The number of nitrogens with zero attached hydrogens (tertiary/aromatic N) is 3. The summed E-state index contributed by atoms with van der Waals surface area (Å²) in [4.78, 5) is 38.7. The Morgan fingerprint density at radius 3 is 2.74 bits per heavy atom. The largest absolute Gasteiger partial charge is 0.420 e. The number of nitrogens with one attached hydrogen (secondary N) is 2. The van der Waals surface area contributed by atoms with Crippen LogP contribution in [0.25, 0.3) is 11.1 Å². The van der Waals surface area contributed by atoms with Gasteiger partial charge in [-0.25, -0.2) is 4.79 Å². The highest BCUT2D eigenvalue weighted by Crippen LogP contribution is 2.19. The SMILES string of the molecule is O=C(Nc1ccc2oc(=O)n(CC(=O)N3CCCCC3)c2c1)c1ccn[nH]1. The lowest BCUT2D eigenvalue weighted by molar-refractivity contribution is -0.132. The van der Waals surface area contributed by atoms with Crippen molar-refractivity contribution >= 4 is 28.6 Å². The first kappa shape index (κ1) is 17.1. The molecule has 0 bridgehead atoms. The molecule has 0 aliphatic carbocycles. The van der Waals surface area contributed by atoms with Crippen LogP contribution < -0.4 is 11.1 Å². The molecule has 1 fully saturated rings. The van der Waals surface area contributed by atoms with Crippen molar-refractivity contribution in [3.05, 3.63) is 46.7 Å². The maximum atomic E-state index is 12.5. The molecule has 3 aromatic rings. The summed E-state index contributed by atoms with van der Waals surface area (Å²) < 4.78 is 6.53. The van der Waals surface area contributed by atoms with E-state index in [9.17, 15) is 14.4 Å². The van der Waals surface area contributed by atoms with Gasteiger partial charge >= 0.3 is 5.76 Å².